The number of unbranched alkanes of at least 4 members (excludes halogenated alkanes) is 1. The molecule has 21 heavy (non-hydrogen) atoms. The number of halogens is 2. The minimum Gasteiger partial charge on any atom is -0.349 e. The van der Waals surface area contributed by atoms with E-state index in [2.05, 4.69) is 22.1 Å². The summed E-state index contributed by atoms with van der Waals surface area (Å²) in [5.74, 6) is -0.905. The molecule has 6 heteroatoms. The van der Waals surface area contributed by atoms with Gasteiger partial charge in [-0.3, -0.25) is 4.79 Å². The molecule has 1 aromatic rings. The number of rotatable bonds is 5. The van der Waals surface area contributed by atoms with Crippen LogP contribution in [0.5, 0.6) is 0 Å². The highest BCUT2D eigenvalue weighted by atomic mass is 35.5. The van der Waals surface area contributed by atoms with Crippen molar-refractivity contribution in [3.8, 4) is 0 Å². The SMILES string of the molecule is CCCCN1CCC(NC(=O)c2cc(F)cnc2Cl)CC1. The van der Waals surface area contributed by atoms with Crippen LogP contribution in [0.2, 0.25) is 5.15 Å². The summed E-state index contributed by atoms with van der Waals surface area (Å²) < 4.78 is 13.1. The third kappa shape index (κ3) is 4.64. The molecule has 4 nitrogen and oxygen atoms in total. The Balaban J connectivity index is 1.85. The van der Waals surface area contributed by atoms with E-state index in [-0.39, 0.29) is 22.7 Å². The highest BCUT2D eigenvalue weighted by Gasteiger charge is 2.22. The van der Waals surface area contributed by atoms with Crippen molar-refractivity contribution in [3.63, 3.8) is 0 Å². The van der Waals surface area contributed by atoms with E-state index in [1.165, 1.54) is 12.8 Å². The molecule has 0 bridgehead atoms. The summed E-state index contributed by atoms with van der Waals surface area (Å²) in [4.78, 5) is 18.2. The van der Waals surface area contributed by atoms with Gasteiger partial charge in [-0.05, 0) is 31.9 Å². The second kappa shape index (κ2) is 7.71. The van der Waals surface area contributed by atoms with Crippen molar-refractivity contribution in [3.05, 3.63) is 28.8 Å². The molecule has 0 spiro atoms. The third-order valence-corrected chi connectivity index (χ3v) is 4.10. The van der Waals surface area contributed by atoms with Gasteiger partial charge in [0.2, 0.25) is 0 Å². The number of nitrogens with zero attached hydrogens (tertiary/aromatic N) is 2. The molecule has 0 saturated carbocycles. The fraction of sp³-hybridized carbons (Fsp3) is 0.600. The van der Waals surface area contributed by atoms with E-state index in [0.29, 0.717) is 0 Å². The van der Waals surface area contributed by atoms with Crippen LogP contribution in [-0.2, 0) is 0 Å². The molecule has 1 aliphatic heterocycles. The fourth-order valence-electron chi connectivity index (χ4n) is 2.53. The summed E-state index contributed by atoms with van der Waals surface area (Å²) in [6.45, 7) is 5.28. The minimum absolute atomic E-state index is 0.0364. The van der Waals surface area contributed by atoms with Gasteiger partial charge in [0.1, 0.15) is 11.0 Å². The molecule has 0 aromatic carbocycles. The third-order valence-electron chi connectivity index (χ3n) is 3.80. The molecule has 0 unspecified atom stereocenters. The highest BCUT2D eigenvalue weighted by Crippen LogP contribution is 2.16. The van der Waals surface area contributed by atoms with Gasteiger partial charge in [-0.15, -0.1) is 0 Å². The summed E-state index contributed by atoms with van der Waals surface area (Å²) in [6, 6.07) is 1.25. The van der Waals surface area contributed by atoms with Gasteiger partial charge in [-0.2, -0.15) is 0 Å². The molecule has 2 heterocycles. The van der Waals surface area contributed by atoms with Crippen molar-refractivity contribution in [1.29, 1.82) is 0 Å². The monoisotopic (exact) mass is 313 g/mol. The normalized spacial score (nSPS) is 16.9. The Labute approximate surface area is 129 Å². The van der Waals surface area contributed by atoms with Gasteiger partial charge in [-0.25, -0.2) is 9.37 Å². The molecular formula is C15H21ClFN3O. The standard InChI is InChI=1S/C15H21ClFN3O/c1-2-3-6-20-7-4-12(5-8-20)19-15(21)13-9-11(17)10-18-14(13)16/h9-10,12H,2-8H2,1H3,(H,19,21). The Morgan fingerprint density at radius 3 is 2.90 bits per heavy atom. The van der Waals surface area contributed by atoms with E-state index in [9.17, 15) is 9.18 Å². The Hall–Kier alpha value is -1.20. The average Bonchev–Trinajstić information content (AvgIpc) is 2.49. The van der Waals surface area contributed by atoms with Gasteiger partial charge < -0.3 is 10.2 Å². The van der Waals surface area contributed by atoms with Crippen LogP contribution in [0.25, 0.3) is 0 Å². The number of piperidine rings is 1. The lowest BCUT2D eigenvalue weighted by Gasteiger charge is -2.32. The highest BCUT2D eigenvalue weighted by molar-refractivity contribution is 6.32. The van der Waals surface area contributed by atoms with Crippen molar-refractivity contribution in [2.45, 2.75) is 38.6 Å². The van der Waals surface area contributed by atoms with E-state index in [1.807, 2.05) is 0 Å². The predicted octanol–water partition coefficient (Wildman–Crippen LogP) is 2.87. The Morgan fingerprint density at radius 2 is 2.24 bits per heavy atom. The van der Waals surface area contributed by atoms with Gasteiger partial charge in [-0.1, -0.05) is 24.9 Å². The Kier molecular flexibility index (Phi) is 5.94. The number of hydrogen-bond acceptors (Lipinski definition) is 3. The van der Waals surface area contributed by atoms with Gasteiger partial charge in [0.15, 0.2) is 0 Å². The quantitative estimate of drug-likeness (QED) is 0.850. The van der Waals surface area contributed by atoms with E-state index >= 15 is 0 Å². The second-order valence-electron chi connectivity index (χ2n) is 5.43. The van der Waals surface area contributed by atoms with Crippen LogP contribution in [0.1, 0.15) is 43.0 Å². The molecule has 0 aliphatic carbocycles. The molecule has 1 saturated heterocycles. The lowest BCUT2D eigenvalue weighted by atomic mass is 10.0. The predicted molar refractivity (Wildman–Crippen MR) is 81.0 cm³/mol. The first-order valence-electron chi connectivity index (χ1n) is 7.44. The fourth-order valence-corrected chi connectivity index (χ4v) is 2.72. The maximum absolute atomic E-state index is 13.1. The number of carbonyl (C=O) groups is 1. The number of nitrogens with one attached hydrogen (secondary N) is 1. The van der Waals surface area contributed by atoms with Crippen molar-refractivity contribution in [1.82, 2.24) is 15.2 Å². The molecule has 1 aromatic heterocycles. The molecule has 0 atom stereocenters. The molecule has 1 aliphatic rings. The molecule has 1 amide bonds. The van der Waals surface area contributed by atoms with Gasteiger partial charge >= 0.3 is 0 Å². The number of likely N-dealkylation sites (tertiary alicyclic amines) is 1. The lowest BCUT2D eigenvalue weighted by Crippen LogP contribution is -2.44. The van der Waals surface area contributed by atoms with E-state index in [1.54, 1.807) is 0 Å². The number of aromatic nitrogens is 1. The van der Waals surface area contributed by atoms with Crippen LogP contribution in [0.4, 0.5) is 4.39 Å². The smallest absolute Gasteiger partial charge is 0.254 e. The zero-order chi connectivity index (χ0) is 15.2. The van der Waals surface area contributed by atoms with Crippen molar-refractivity contribution in [2.75, 3.05) is 19.6 Å². The van der Waals surface area contributed by atoms with Gasteiger partial charge in [0.25, 0.3) is 5.91 Å². The largest absolute Gasteiger partial charge is 0.349 e. The first-order chi connectivity index (χ1) is 10.1. The van der Waals surface area contributed by atoms with E-state index in [4.69, 9.17) is 11.6 Å². The average molecular weight is 314 g/mol. The molecule has 1 fully saturated rings. The summed E-state index contributed by atoms with van der Waals surface area (Å²) in [5, 5.41) is 2.96. The number of hydrogen-bond donors (Lipinski definition) is 1. The van der Waals surface area contributed by atoms with Crippen LogP contribution in [0, 0.1) is 5.82 Å². The molecule has 116 valence electrons. The minimum atomic E-state index is -0.557. The summed E-state index contributed by atoms with van der Waals surface area (Å²) in [5.41, 5.74) is 0.102. The van der Waals surface area contributed by atoms with Crippen LogP contribution in [0.3, 0.4) is 0 Å². The maximum Gasteiger partial charge on any atom is 0.254 e. The van der Waals surface area contributed by atoms with Crippen molar-refractivity contribution in [2.24, 2.45) is 0 Å². The zero-order valence-corrected chi connectivity index (χ0v) is 13.0. The molecule has 2 rings (SSSR count). The second-order valence-corrected chi connectivity index (χ2v) is 5.79. The summed E-state index contributed by atoms with van der Waals surface area (Å²) >= 11 is 5.84. The maximum atomic E-state index is 13.1. The van der Waals surface area contributed by atoms with Crippen LogP contribution >= 0.6 is 11.6 Å². The first-order valence-corrected chi connectivity index (χ1v) is 7.82. The zero-order valence-electron chi connectivity index (χ0n) is 12.2. The van der Waals surface area contributed by atoms with Gasteiger partial charge in [0, 0.05) is 19.1 Å². The van der Waals surface area contributed by atoms with E-state index < -0.39 is 5.82 Å². The number of carbonyl (C=O) groups excluding carboxylic acids is 1. The Morgan fingerprint density at radius 1 is 1.52 bits per heavy atom. The lowest BCUT2D eigenvalue weighted by molar-refractivity contribution is 0.0910. The molecule has 1 N–H and O–H groups in total. The number of pyridine rings is 1. The van der Waals surface area contributed by atoms with E-state index in [0.717, 1.165) is 44.7 Å². The molecule has 0 radical (unpaired) electrons. The number of amides is 1. The Bertz CT molecular complexity index is 490. The summed E-state index contributed by atoms with van der Waals surface area (Å²) in [6.07, 6.45) is 5.24. The van der Waals surface area contributed by atoms with Crippen molar-refractivity contribution >= 4 is 17.5 Å². The topological polar surface area (TPSA) is 45.2 Å². The first kappa shape index (κ1) is 16.2. The molecular weight excluding hydrogens is 293 g/mol. The van der Waals surface area contributed by atoms with Crippen LogP contribution in [0.15, 0.2) is 12.3 Å². The summed E-state index contributed by atoms with van der Waals surface area (Å²) in [7, 11) is 0. The van der Waals surface area contributed by atoms with Crippen LogP contribution < -0.4 is 5.32 Å². The van der Waals surface area contributed by atoms with Crippen molar-refractivity contribution < 1.29 is 9.18 Å². The van der Waals surface area contributed by atoms with Crippen LogP contribution in [-0.4, -0.2) is 41.5 Å². The van der Waals surface area contributed by atoms with Gasteiger partial charge in [0.05, 0.1) is 11.8 Å².